The van der Waals surface area contributed by atoms with Crippen LogP contribution in [0.15, 0.2) is 47.6 Å². The first-order valence-corrected chi connectivity index (χ1v) is 11.1. The first kappa shape index (κ1) is 21.1. The van der Waals surface area contributed by atoms with Crippen molar-refractivity contribution in [2.45, 2.75) is 31.7 Å². The fourth-order valence-electron chi connectivity index (χ4n) is 3.31. The molecule has 156 valence electrons. The summed E-state index contributed by atoms with van der Waals surface area (Å²) in [6.45, 7) is 3.79. The van der Waals surface area contributed by atoms with Crippen molar-refractivity contribution in [1.29, 1.82) is 5.26 Å². The van der Waals surface area contributed by atoms with Gasteiger partial charge in [0.25, 0.3) is 0 Å². The summed E-state index contributed by atoms with van der Waals surface area (Å²) in [6, 6.07) is 14.3. The first-order valence-electron chi connectivity index (χ1n) is 9.72. The molecule has 0 spiro atoms. The molecule has 1 atom stereocenters. The third-order valence-electron chi connectivity index (χ3n) is 4.74. The Morgan fingerprint density at radius 2 is 2.00 bits per heavy atom. The van der Waals surface area contributed by atoms with Crippen molar-refractivity contribution in [2.24, 2.45) is 0 Å². The number of fused-ring (bicyclic) bond motifs is 3. The van der Waals surface area contributed by atoms with Crippen LogP contribution in [-0.4, -0.2) is 26.8 Å². The molecule has 0 saturated carbocycles. The lowest BCUT2D eigenvalue weighted by Crippen LogP contribution is -2.37. The first-order chi connectivity index (χ1) is 15.0. The average Bonchev–Trinajstić information content (AvgIpc) is 2.93. The summed E-state index contributed by atoms with van der Waals surface area (Å²) in [5.41, 5.74) is 2.87. The van der Waals surface area contributed by atoms with Gasteiger partial charge in [0.1, 0.15) is 0 Å². The Hall–Kier alpha value is -3.15. The molecule has 1 amide bonds. The van der Waals surface area contributed by atoms with E-state index in [0.29, 0.717) is 38.3 Å². The second-order valence-corrected chi connectivity index (χ2v) is 8.33. The molecule has 7 nitrogen and oxygen atoms in total. The summed E-state index contributed by atoms with van der Waals surface area (Å²) >= 11 is 7.72. The summed E-state index contributed by atoms with van der Waals surface area (Å²) in [4.78, 5) is 19.2. The Labute approximate surface area is 189 Å². The molecule has 0 bridgehead atoms. The van der Waals surface area contributed by atoms with E-state index in [4.69, 9.17) is 21.6 Å². The Morgan fingerprint density at radius 1 is 1.23 bits per heavy atom. The van der Waals surface area contributed by atoms with Gasteiger partial charge in [0.2, 0.25) is 23.2 Å². The van der Waals surface area contributed by atoms with E-state index in [0.717, 1.165) is 5.75 Å². The maximum atomic E-state index is 13.1. The summed E-state index contributed by atoms with van der Waals surface area (Å²) in [6.07, 6.45) is -0.525. The molecule has 3 aromatic rings. The second-order valence-electron chi connectivity index (χ2n) is 6.66. The van der Waals surface area contributed by atoms with Gasteiger partial charge < -0.3 is 4.74 Å². The van der Waals surface area contributed by atoms with E-state index in [9.17, 15) is 4.79 Å². The molecule has 9 heteroatoms. The number of benzene rings is 2. The summed E-state index contributed by atoms with van der Waals surface area (Å²) in [5, 5.41) is 18.7. The number of nitrogens with zero attached hydrogens (tertiary/aromatic N) is 5. The number of carbonyl (C=O) groups is 1. The van der Waals surface area contributed by atoms with Crippen molar-refractivity contribution in [3.8, 4) is 23.2 Å². The standard InChI is InChI=1S/C22H18ClN5O2S/c1-3-18(29)28-17-10-9-15(23)11-16(17)19-20(25-22(27-26-19)31-4-2)30-21(28)14-7-5-13(12-24)6-8-14/h5-11,21H,3-4H2,1-2H3/t21-/m1/s1. The van der Waals surface area contributed by atoms with Gasteiger partial charge in [0.15, 0.2) is 5.69 Å². The fourth-order valence-corrected chi connectivity index (χ4v) is 3.98. The highest BCUT2D eigenvalue weighted by molar-refractivity contribution is 7.99. The van der Waals surface area contributed by atoms with E-state index in [2.05, 4.69) is 21.3 Å². The van der Waals surface area contributed by atoms with Crippen LogP contribution in [0.5, 0.6) is 5.88 Å². The van der Waals surface area contributed by atoms with Crippen LogP contribution in [-0.2, 0) is 4.79 Å². The van der Waals surface area contributed by atoms with Gasteiger partial charge in [-0.3, -0.25) is 9.69 Å². The van der Waals surface area contributed by atoms with Crippen molar-refractivity contribution in [1.82, 2.24) is 15.2 Å². The lowest BCUT2D eigenvalue weighted by molar-refractivity contribution is -0.120. The van der Waals surface area contributed by atoms with Gasteiger partial charge in [0, 0.05) is 22.6 Å². The number of amides is 1. The van der Waals surface area contributed by atoms with Crippen LogP contribution >= 0.6 is 23.4 Å². The number of nitriles is 1. The van der Waals surface area contributed by atoms with Gasteiger partial charge in [-0.15, -0.1) is 10.2 Å². The highest BCUT2D eigenvalue weighted by Gasteiger charge is 2.35. The molecule has 1 aliphatic rings. The van der Waals surface area contributed by atoms with E-state index >= 15 is 0 Å². The maximum absolute atomic E-state index is 13.1. The van der Waals surface area contributed by atoms with Crippen LogP contribution in [0.25, 0.3) is 11.3 Å². The minimum absolute atomic E-state index is 0.137. The summed E-state index contributed by atoms with van der Waals surface area (Å²) in [7, 11) is 0. The topological polar surface area (TPSA) is 92.0 Å². The molecular weight excluding hydrogens is 434 g/mol. The number of hydrogen-bond acceptors (Lipinski definition) is 7. The summed E-state index contributed by atoms with van der Waals surface area (Å²) < 4.78 is 6.31. The van der Waals surface area contributed by atoms with Crippen molar-refractivity contribution in [2.75, 3.05) is 10.7 Å². The number of ether oxygens (including phenoxy) is 1. The zero-order valence-electron chi connectivity index (χ0n) is 16.9. The largest absolute Gasteiger partial charge is 0.447 e. The fraction of sp³-hybridized carbons (Fsp3) is 0.227. The molecule has 0 aliphatic carbocycles. The van der Waals surface area contributed by atoms with E-state index in [1.165, 1.54) is 11.8 Å². The van der Waals surface area contributed by atoms with Crippen LogP contribution in [0.3, 0.4) is 0 Å². The number of aromatic nitrogens is 3. The predicted octanol–water partition coefficient (Wildman–Crippen LogP) is 5.01. The molecule has 2 heterocycles. The van der Waals surface area contributed by atoms with Crippen molar-refractivity contribution >= 4 is 35.0 Å². The Kier molecular flexibility index (Phi) is 6.07. The summed E-state index contributed by atoms with van der Waals surface area (Å²) in [5.74, 6) is 0.916. The minimum atomic E-state index is -0.794. The van der Waals surface area contributed by atoms with Crippen LogP contribution < -0.4 is 9.64 Å². The molecule has 0 radical (unpaired) electrons. The van der Waals surface area contributed by atoms with E-state index in [1.54, 1.807) is 54.3 Å². The highest BCUT2D eigenvalue weighted by atomic mass is 35.5. The third-order valence-corrected chi connectivity index (χ3v) is 5.69. The average molecular weight is 452 g/mol. The second kappa shape index (κ2) is 8.92. The molecule has 0 fully saturated rings. The number of thioether (sulfide) groups is 1. The van der Waals surface area contributed by atoms with Crippen molar-refractivity contribution in [3.05, 3.63) is 58.6 Å². The van der Waals surface area contributed by atoms with E-state index < -0.39 is 6.23 Å². The van der Waals surface area contributed by atoms with Gasteiger partial charge >= 0.3 is 0 Å². The number of hydrogen-bond donors (Lipinski definition) is 0. The van der Waals surface area contributed by atoms with Gasteiger partial charge in [0.05, 0.1) is 17.3 Å². The SMILES string of the molecule is CCSc1nnc2c(n1)O[C@H](c1ccc(C#N)cc1)N(C(=O)CC)c1ccc(Cl)cc1-2. The number of anilines is 1. The number of carbonyl (C=O) groups excluding carboxylic acids is 1. The lowest BCUT2D eigenvalue weighted by Gasteiger charge is -2.30. The van der Waals surface area contributed by atoms with Gasteiger partial charge in [-0.25, -0.2) is 0 Å². The van der Waals surface area contributed by atoms with Crippen LogP contribution in [0.4, 0.5) is 5.69 Å². The van der Waals surface area contributed by atoms with E-state index in [-0.39, 0.29) is 18.2 Å². The zero-order chi connectivity index (χ0) is 22.0. The molecule has 0 saturated heterocycles. The highest BCUT2D eigenvalue weighted by Crippen LogP contribution is 2.44. The van der Waals surface area contributed by atoms with Gasteiger partial charge in [-0.2, -0.15) is 10.2 Å². The van der Waals surface area contributed by atoms with Crippen LogP contribution in [0.2, 0.25) is 5.02 Å². The molecule has 4 rings (SSSR count). The Balaban J connectivity index is 1.95. The monoisotopic (exact) mass is 451 g/mol. The zero-order valence-corrected chi connectivity index (χ0v) is 18.4. The molecule has 2 aromatic carbocycles. The van der Waals surface area contributed by atoms with Gasteiger partial charge in [-0.1, -0.05) is 49.3 Å². The lowest BCUT2D eigenvalue weighted by atomic mass is 10.1. The number of halogens is 1. The molecule has 0 unspecified atom stereocenters. The maximum Gasteiger partial charge on any atom is 0.247 e. The number of rotatable bonds is 4. The normalized spacial score (nSPS) is 14.6. The van der Waals surface area contributed by atoms with E-state index in [1.807, 2.05) is 6.92 Å². The Bertz CT molecular complexity index is 1180. The molecular formula is C22H18ClN5O2S. The molecule has 0 N–H and O–H groups in total. The smallest absolute Gasteiger partial charge is 0.247 e. The van der Waals surface area contributed by atoms with Crippen molar-refractivity contribution in [3.63, 3.8) is 0 Å². The Morgan fingerprint density at radius 3 is 2.68 bits per heavy atom. The molecule has 1 aliphatic heterocycles. The molecule has 1 aromatic heterocycles. The predicted molar refractivity (Wildman–Crippen MR) is 119 cm³/mol. The van der Waals surface area contributed by atoms with Crippen LogP contribution in [0, 0.1) is 11.3 Å². The quantitative estimate of drug-likeness (QED) is 0.514. The third kappa shape index (κ3) is 4.07. The van der Waals surface area contributed by atoms with Gasteiger partial charge in [-0.05, 0) is 36.1 Å². The van der Waals surface area contributed by atoms with Crippen molar-refractivity contribution < 1.29 is 9.53 Å². The van der Waals surface area contributed by atoms with Crippen LogP contribution in [0.1, 0.15) is 37.6 Å². The minimum Gasteiger partial charge on any atom is -0.447 e. The molecule has 31 heavy (non-hydrogen) atoms.